The van der Waals surface area contributed by atoms with E-state index in [0.717, 1.165) is 48.3 Å². The van der Waals surface area contributed by atoms with Gasteiger partial charge in [-0.25, -0.2) is 14.0 Å². The number of carbonyl (C=O) groups excluding carboxylic acids is 3. The summed E-state index contributed by atoms with van der Waals surface area (Å²) in [6, 6.07) is 11.7. The molecule has 1 aliphatic carbocycles. The van der Waals surface area contributed by atoms with Crippen molar-refractivity contribution >= 4 is 29.6 Å². The Balaban J connectivity index is 0.939. The highest BCUT2D eigenvalue weighted by molar-refractivity contribution is 5.91. The maximum Gasteiger partial charge on any atom is 0.410 e. The maximum atomic E-state index is 13.0. The van der Waals surface area contributed by atoms with Crippen LogP contribution in [0.15, 0.2) is 55.0 Å². The molecule has 7 rings (SSSR count). The summed E-state index contributed by atoms with van der Waals surface area (Å²) in [4.78, 5) is 46.6. The number of hydrogen-bond acceptors (Lipinski definition) is 9. The molecule has 2 aromatic heterocycles. The van der Waals surface area contributed by atoms with Crippen LogP contribution in [0.5, 0.6) is 5.88 Å². The van der Waals surface area contributed by atoms with E-state index < -0.39 is 23.9 Å². The first-order valence-electron chi connectivity index (χ1n) is 16.9. The largest absolute Gasteiger partial charge is 0.472 e. The van der Waals surface area contributed by atoms with Crippen LogP contribution in [-0.2, 0) is 20.9 Å². The van der Waals surface area contributed by atoms with Crippen LogP contribution in [0, 0.1) is 5.41 Å². The molecular formula is C35H42FN7O6. The van der Waals surface area contributed by atoms with Gasteiger partial charge in [-0.15, -0.1) is 0 Å². The first kappa shape index (κ1) is 32.7. The highest BCUT2D eigenvalue weighted by Crippen LogP contribution is 2.49. The Hall–Kier alpha value is -4.88. The molecule has 3 aromatic rings. The van der Waals surface area contributed by atoms with Crippen LogP contribution < -0.4 is 10.1 Å². The Kier molecular flexibility index (Phi) is 8.80. The number of ether oxygens (including phenoxy) is 3. The number of halogens is 1. The molecule has 1 N–H and O–H groups in total. The van der Waals surface area contributed by atoms with Gasteiger partial charge in [-0.3, -0.25) is 4.79 Å². The van der Waals surface area contributed by atoms with Crippen molar-refractivity contribution in [1.29, 1.82) is 0 Å². The molecule has 13 nitrogen and oxygen atoms in total. The van der Waals surface area contributed by atoms with Crippen molar-refractivity contribution in [3.05, 3.63) is 66.1 Å². The first-order valence-corrected chi connectivity index (χ1v) is 16.9. The van der Waals surface area contributed by atoms with Gasteiger partial charge < -0.3 is 34.2 Å². The molecule has 1 aromatic carbocycles. The number of piperidine rings is 1. The van der Waals surface area contributed by atoms with Gasteiger partial charge in [0.2, 0.25) is 5.88 Å². The number of rotatable bonds is 9. The van der Waals surface area contributed by atoms with Gasteiger partial charge in [-0.2, -0.15) is 14.6 Å². The Bertz CT molecular complexity index is 1730. The Morgan fingerprint density at radius 3 is 2.49 bits per heavy atom. The van der Waals surface area contributed by atoms with E-state index in [1.54, 1.807) is 9.80 Å². The normalized spacial score (nSPS) is 20.4. The molecule has 0 bridgehead atoms. The van der Waals surface area contributed by atoms with Gasteiger partial charge in [0.1, 0.15) is 24.6 Å². The van der Waals surface area contributed by atoms with Gasteiger partial charge in [0, 0.05) is 42.7 Å². The third kappa shape index (κ3) is 6.86. The zero-order chi connectivity index (χ0) is 34.3. The van der Waals surface area contributed by atoms with Crippen LogP contribution >= 0.6 is 0 Å². The van der Waals surface area contributed by atoms with Crippen molar-refractivity contribution in [3.63, 3.8) is 0 Å². The second-order valence-electron chi connectivity index (χ2n) is 14.1. The standard InChI is InChI=1S/C35H42FN7O6/c1-22(2)28-15-37-43-29(38-25-13-35(14-25)20-42(21-35)34(46)49-27-17-41(18-27)32(44)23(3)36)12-30(39-31(28)43)48-26-10-7-11-40(16-26)33(45)47-19-24-8-5-4-6-9-24/h4-6,8-9,12,15,22,25-27,38H,3,7,10-11,13-14,16-21H2,1-2H3/t26-/m1/s1. The highest BCUT2D eigenvalue weighted by atomic mass is 19.1. The molecule has 3 saturated heterocycles. The number of fused-ring (bicyclic) bond motifs is 1. The topological polar surface area (TPSA) is 131 Å². The number of aromatic nitrogens is 3. The van der Waals surface area contributed by atoms with E-state index in [9.17, 15) is 18.8 Å². The molecule has 1 atom stereocenters. The average molecular weight is 676 g/mol. The summed E-state index contributed by atoms with van der Waals surface area (Å²) < 4.78 is 32.3. The van der Waals surface area contributed by atoms with Crippen molar-refractivity contribution in [2.24, 2.45) is 5.41 Å². The van der Waals surface area contributed by atoms with Crippen molar-refractivity contribution in [3.8, 4) is 5.88 Å². The molecule has 5 heterocycles. The van der Waals surface area contributed by atoms with Crippen LogP contribution in [0.2, 0.25) is 0 Å². The quantitative estimate of drug-likeness (QED) is 0.320. The Labute approximate surface area is 284 Å². The number of anilines is 1. The summed E-state index contributed by atoms with van der Waals surface area (Å²) in [5, 5.41) is 8.28. The minimum Gasteiger partial charge on any atom is -0.472 e. The molecule has 0 unspecified atom stereocenters. The zero-order valence-electron chi connectivity index (χ0n) is 27.8. The molecule has 3 amide bonds. The van der Waals surface area contributed by atoms with Crippen molar-refractivity contribution in [2.45, 2.75) is 70.3 Å². The molecular weight excluding hydrogens is 633 g/mol. The predicted molar refractivity (Wildman–Crippen MR) is 177 cm³/mol. The lowest BCUT2D eigenvalue weighted by molar-refractivity contribution is -0.140. The fourth-order valence-electron chi connectivity index (χ4n) is 7.22. The van der Waals surface area contributed by atoms with E-state index in [0.29, 0.717) is 32.1 Å². The number of nitrogens with one attached hydrogen (secondary N) is 1. The van der Waals surface area contributed by atoms with Crippen LogP contribution in [-0.4, -0.2) is 105 Å². The minimum absolute atomic E-state index is 0.0314. The van der Waals surface area contributed by atoms with Gasteiger partial charge in [-0.1, -0.05) is 50.8 Å². The SMILES string of the molecule is C=C(F)C(=O)N1CC(OC(=O)N2CC3(CC(Nc4cc(O[C@@H]5CCCN(C(=O)OCc6ccccc6)C5)nc5c(C(C)C)cnn45)C3)C2)C1. The molecule has 4 fully saturated rings. The lowest BCUT2D eigenvalue weighted by atomic mass is 9.61. The van der Waals surface area contributed by atoms with E-state index >= 15 is 0 Å². The van der Waals surface area contributed by atoms with Crippen molar-refractivity contribution < 1.29 is 33.0 Å². The summed E-state index contributed by atoms with van der Waals surface area (Å²) in [7, 11) is 0. The number of carbonyl (C=O) groups is 3. The summed E-state index contributed by atoms with van der Waals surface area (Å²) in [6.07, 6.45) is 3.77. The molecule has 1 saturated carbocycles. The number of benzene rings is 1. The zero-order valence-corrected chi connectivity index (χ0v) is 27.8. The summed E-state index contributed by atoms with van der Waals surface area (Å²) in [6.45, 7) is 10.0. The van der Waals surface area contributed by atoms with E-state index in [-0.39, 0.29) is 49.3 Å². The maximum absolute atomic E-state index is 13.0. The summed E-state index contributed by atoms with van der Waals surface area (Å²) in [5.74, 6) is -0.322. The van der Waals surface area contributed by atoms with Gasteiger partial charge in [0.25, 0.3) is 5.91 Å². The fourth-order valence-corrected chi connectivity index (χ4v) is 7.22. The van der Waals surface area contributed by atoms with E-state index in [1.807, 2.05) is 47.1 Å². The molecule has 49 heavy (non-hydrogen) atoms. The Morgan fingerprint density at radius 2 is 1.78 bits per heavy atom. The molecule has 3 aliphatic heterocycles. The minimum atomic E-state index is -1.01. The number of nitrogens with zero attached hydrogens (tertiary/aromatic N) is 6. The highest BCUT2D eigenvalue weighted by Gasteiger charge is 2.54. The average Bonchev–Trinajstić information content (AvgIpc) is 3.46. The smallest absolute Gasteiger partial charge is 0.410 e. The summed E-state index contributed by atoms with van der Waals surface area (Å²) in [5.41, 5.74) is 2.71. The van der Waals surface area contributed by atoms with Gasteiger partial charge >= 0.3 is 12.2 Å². The van der Waals surface area contributed by atoms with Crippen LogP contribution in [0.25, 0.3) is 5.65 Å². The van der Waals surface area contributed by atoms with Crippen molar-refractivity contribution in [1.82, 2.24) is 29.3 Å². The third-order valence-electron chi connectivity index (χ3n) is 9.88. The lowest BCUT2D eigenvalue weighted by Gasteiger charge is -2.58. The number of hydrogen-bond donors (Lipinski definition) is 1. The van der Waals surface area contributed by atoms with Crippen LogP contribution in [0.3, 0.4) is 0 Å². The third-order valence-corrected chi connectivity index (χ3v) is 9.88. The van der Waals surface area contributed by atoms with E-state index in [1.165, 1.54) is 4.90 Å². The first-order chi connectivity index (χ1) is 23.6. The Morgan fingerprint density at radius 1 is 1.04 bits per heavy atom. The van der Waals surface area contributed by atoms with Gasteiger partial charge in [-0.05, 0) is 37.2 Å². The second kappa shape index (κ2) is 13.2. The van der Waals surface area contributed by atoms with Gasteiger partial charge in [0.05, 0.1) is 25.8 Å². The molecule has 260 valence electrons. The van der Waals surface area contributed by atoms with Crippen LogP contribution in [0.1, 0.15) is 56.6 Å². The summed E-state index contributed by atoms with van der Waals surface area (Å²) >= 11 is 0. The van der Waals surface area contributed by atoms with E-state index in [4.69, 9.17) is 19.2 Å². The fraction of sp³-hybridized carbons (Fsp3) is 0.514. The number of amides is 3. The monoisotopic (exact) mass is 675 g/mol. The van der Waals surface area contributed by atoms with Crippen molar-refractivity contribution in [2.75, 3.05) is 44.6 Å². The predicted octanol–water partition coefficient (Wildman–Crippen LogP) is 4.74. The second-order valence-corrected chi connectivity index (χ2v) is 14.1. The molecule has 4 aliphatic rings. The van der Waals surface area contributed by atoms with E-state index in [2.05, 4.69) is 30.8 Å². The molecule has 0 radical (unpaired) electrons. The molecule has 14 heteroatoms. The van der Waals surface area contributed by atoms with Crippen LogP contribution in [0.4, 0.5) is 19.8 Å². The number of likely N-dealkylation sites (tertiary alicyclic amines) is 3. The molecule has 1 spiro atoms. The lowest BCUT2D eigenvalue weighted by Crippen LogP contribution is -2.67. The van der Waals surface area contributed by atoms with Gasteiger partial charge in [0.15, 0.2) is 11.5 Å².